The Balaban J connectivity index is 1.26. The lowest BCUT2D eigenvalue weighted by Gasteiger charge is -2.62. The van der Waals surface area contributed by atoms with Crippen molar-refractivity contribution in [1.29, 1.82) is 0 Å². The maximum atomic E-state index is 13.3. The molecule has 0 spiro atoms. The van der Waals surface area contributed by atoms with Gasteiger partial charge in [-0.1, -0.05) is 0 Å². The molecule has 29 heavy (non-hydrogen) atoms. The monoisotopic (exact) mass is 392 g/mol. The normalized spacial score (nSPS) is 32.7. The van der Waals surface area contributed by atoms with Crippen LogP contribution in [0.4, 0.5) is 4.39 Å². The molecule has 4 fully saturated rings. The van der Waals surface area contributed by atoms with E-state index in [0.717, 1.165) is 41.6 Å². The van der Waals surface area contributed by atoms with Crippen LogP contribution < -0.4 is 5.32 Å². The van der Waals surface area contributed by atoms with Gasteiger partial charge in [-0.05, 0) is 74.6 Å². The molecule has 7 rings (SSSR count). The smallest absolute Gasteiger partial charge is 0.137 e. The molecular formula is C22H25FN6. The molecular weight excluding hydrogens is 367 g/mol. The average Bonchev–Trinajstić information content (AvgIpc) is 3.39. The highest BCUT2D eigenvalue weighted by Crippen LogP contribution is 2.60. The van der Waals surface area contributed by atoms with Crippen molar-refractivity contribution in [2.24, 2.45) is 11.8 Å². The van der Waals surface area contributed by atoms with E-state index in [4.69, 9.17) is 0 Å². The van der Waals surface area contributed by atoms with Gasteiger partial charge in [0, 0.05) is 23.2 Å². The van der Waals surface area contributed by atoms with Crippen molar-refractivity contribution in [3.05, 3.63) is 54.5 Å². The van der Waals surface area contributed by atoms with Gasteiger partial charge >= 0.3 is 0 Å². The molecule has 2 unspecified atom stereocenters. The SMILES string of the molecule is Fc1ccc(-c2[nH]ncc2CNC23CC4CC(C2)CC(n2cncn2)(C4)C3)cc1. The van der Waals surface area contributed by atoms with Gasteiger partial charge in [0.15, 0.2) is 0 Å². The summed E-state index contributed by atoms with van der Waals surface area (Å²) < 4.78 is 15.4. The fourth-order valence-corrected chi connectivity index (χ4v) is 6.74. The molecule has 3 aromatic rings. The second kappa shape index (κ2) is 6.23. The number of halogens is 1. The summed E-state index contributed by atoms with van der Waals surface area (Å²) in [7, 11) is 0. The number of hydrogen-bond donors (Lipinski definition) is 2. The van der Waals surface area contributed by atoms with E-state index < -0.39 is 0 Å². The first-order valence-corrected chi connectivity index (χ1v) is 10.5. The van der Waals surface area contributed by atoms with Gasteiger partial charge in [0.25, 0.3) is 0 Å². The first kappa shape index (κ1) is 17.3. The zero-order valence-electron chi connectivity index (χ0n) is 16.3. The van der Waals surface area contributed by atoms with Crippen LogP contribution in [-0.2, 0) is 12.1 Å². The van der Waals surface area contributed by atoms with E-state index in [9.17, 15) is 4.39 Å². The lowest BCUT2D eigenvalue weighted by Crippen LogP contribution is -2.64. The summed E-state index contributed by atoms with van der Waals surface area (Å²) in [4.78, 5) is 4.23. The largest absolute Gasteiger partial charge is 0.307 e. The van der Waals surface area contributed by atoms with Crippen molar-refractivity contribution in [3.8, 4) is 11.3 Å². The van der Waals surface area contributed by atoms with Crippen LogP contribution >= 0.6 is 0 Å². The van der Waals surface area contributed by atoms with Crippen molar-refractivity contribution in [2.75, 3.05) is 0 Å². The van der Waals surface area contributed by atoms with Gasteiger partial charge in [-0.3, -0.25) is 5.10 Å². The van der Waals surface area contributed by atoms with Crippen LogP contribution in [0.15, 0.2) is 43.1 Å². The van der Waals surface area contributed by atoms with Crippen LogP contribution in [0, 0.1) is 17.7 Å². The van der Waals surface area contributed by atoms with E-state index in [-0.39, 0.29) is 16.9 Å². The highest BCUT2D eigenvalue weighted by Gasteiger charge is 2.58. The molecule has 2 atom stereocenters. The van der Waals surface area contributed by atoms with Crippen molar-refractivity contribution < 1.29 is 4.39 Å². The quantitative estimate of drug-likeness (QED) is 0.695. The highest BCUT2D eigenvalue weighted by molar-refractivity contribution is 5.62. The molecule has 0 amide bonds. The number of benzene rings is 1. The lowest BCUT2D eigenvalue weighted by molar-refractivity contribution is -0.0788. The third kappa shape index (κ3) is 2.82. The third-order valence-electron chi connectivity index (χ3n) is 7.44. The summed E-state index contributed by atoms with van der Waals surface area (Å²) in [5.74, 6) is 1.29. The van der Waals surface area contributed by atoms with E-state index in [0.29, 0.717) is 0 Å². The summed E-state index contributed by atoms with van der Waals surface area (Å²) in [5, 5.41) is 15.8. The topological polar surface area (TPSA) is 71.4 Å². The van der Waals surface area contributed by atoms with E-state index in [2.05, 4.69) is 30.3 Å². The molecule has 6 nitrogen and oxygen atoms in total. The molecule has 150 valence electrons. The molecule has 2 aromatic heterocycles. The second-order valence-corrected chi connectivity index (χ2v) is 9.44. The Hall–Kier alpha value is -2.54. The number of rotatable bonds is 5. The Kier molecular flexibility index (Phi) is 3.72. The van der Waals surface area contributed by atoms with Crippen LogP contribution in [-0.4, -0.2) is 30.5 Å². The summed E-state index contributed by atoms with van der Waals surface area (Å²) in [6, 6.07) is 6.59. The first-order chi connectivity index (χ1) is 14.1. The van der Waals surface area contributed by atoms with Gasteiger partial charge in [0.1, 0.15) is 18.5 Å². The van der Waals surface area contributed by atoms with E-state index in [1.54, 1.807) is 18.5 Å². The molecule has 0 aliphatic heterocycles. The number of nitrogens with zero attached hydrogens (tertiary/aromatic N) is 4. The van der Waals surface area contributed by atoms with E-state index >= 15 is 0 Å². The van der Waals surface area contributed by atoms with Crippen molar-refractivity contribution in [2.45, 2.75) is 56.1 Å². The van der Waals surface area contributed by atoms with Crippen molar-refractivity contribution >= 4 is 0 Å². The molecule has 4 bridgehead atoms. The van der Waals surface area contributed by atoms with Gasteiger partial charge < -0.3 is 5.32 Å². The zero-order valence-corrected chi connectivity index (χ0v) is 16.3. The summed E-state index contributed by atoms with van der Waals surface area (Å²) in [6.45, 7) is 0.760. The number of hydrogen-bond acceptors (Lipinski definition) is 4. The Morgan fingerprint density at radius 1 is 1.14 bits per heavy atom. The van der Waals surface area contributed by atoms with Gasteiger partial charge in [-0.2, -0.15) is 10.2 Å². The van der Waals surface area contributed by atoms with Crippen LogP contribution in [0.2, 0.25) is 0 Å². The molecule has 2 N–H and O–H groups in total. The van der Waals surface area contributed by atoms with E-state index in [1.165, 1.54) is 44.2 Å². The molecule has 4 aliphatic rings. The third-order valence-corrected chi connectivity index (χ3v) is 7.44. The average molecular weight is 392 g/mol. The minimum absolute atomic E-state index is 0.115. The Labute approximate surface area is 168 Å². The number of aromatic amines is 1. The van der Waals surface area contributed by atoms with Crippen LogP contribution in [0.5, 0.6) is 0 Å². The maximum Gasteiger partial charge on any atom is 0.137 e. The van der Waals surface area contributed by atoms with Crippen LogP contribution in [0.1, 0.15) is 44.1 Å². The minimum atomic E-state index is -0.222. The summed E-state index contributed by atoms with van der Waals surface area (Å²) in [6.07, 6.45) is 12.9. The minimum Gasteiger partial charge on any atom is -0.307 e. The Morgan fingerprint density at radius 3 is 2.66 bits per heavy atom. The second-order valence-electron chi connectivity index (χ2n) is 9.44. The fourth-order valence-electron chi connectivity index (χ4n) is 6.74. The fraction of sp³-hybridized carbons (Fsp3) is 0.500. The van der Waals surface area contributed by atoms with Crippen molar-refractivity contribution in [3.63, 3.8) is 0 Å². The van der Waals surface area contributed by atoms with Gasteiger partial charge in [0.05, 0.1) is 17.4 Å². The lowest BCUT2D eigenvalue weighted by atomic mass is 9.50. The Morgan fingerprint density at radius 2 is 1.93 bits per heavy atom. The number of H-pyrrole nitrogens is 1. The van der Waals surface area contributed by atoms with Crippen molar-refractivity contribution in [1.82, 2.24) is 30.3 Å². The standard InChI is InChI=1S/C22H25FN6/c23-19-3-1-17(2-4-19)20-18(11-26-28-20)10-25-21-6-15-5-16(7-21)9-22(8-15,12-21)29-14-24-13-27-29/h1-4,11,13-16,25H,5-10,12H2,(H,26,28). The predicted octanol–water partition coefficient (Wildman–Crippen LogP) is 3.65. The summed E-state index contributed by atoms with van der Waals surface area (Å²) in [5.41, 5.74) is 3.32. The maximum absolute atomic E-state index is 13.3. The first-order valence-electron chi connectivity index (χ1n) is 10.5. The molecule has 0 saturated heterocycles. The number of aromatic nitrogens is 5. The molecule has 4 saturated carbocycles. The summed E-state index contributed by atoms with van der Waals surface area (Å²) >= 11 is 0. The van der Waals surface area contributed by atoms with Gasteiger partial charge in [-0.25, -0.2) is 14.1 Å². The Bertz CT molecular complexity index is 994. The highest BCUT2D eigenvalue weighted by atomic mass is 19.1. The molecule has 7 heteroatoms. The van der Waals surface area contributed by atoms with Crippen LogP contribution in [0.25, 0.3) is 11.3 Å². The molecule has 4 aliphatic carbocycles. The predicted molar refractivity (Wildman–Crippen MR) is 106 cm³/mol. The zero-order chi connectivity index (χ0) is 19.5. The number of nitrogens with one attached hydrogen (secondary N) is 2. The van der Waals surface area contributed by atoms with Gasteiger partial charge in [0.2, 0.25) is 0 Å². The van der Waals surface area contributed by atoms with Crippen LogP contribution in [0.3, 0.4) is 0 Å². The molecule has 0 radical (unpaired) electrons. The molecule has 2 heterocycles. The molecule has 1 aromatic carbocycles. The van der Waals surface area contributed by atoms with Gasteiger partial charge in [-0.15, -0.1) is 0 Å². The van der Waals surface area contributed by atoms with E-state index in [1.807, 2.05) is 12.5 Å².